The first-order valence-corrected chi connectivity index (χ1v) is 11.0. The average molecular weight is 479 g/mol. The highest BCUT2D eigenvalue weighted by Crippen LogP contribution is 2.20. The van der Waals surface area contributed by atoms with Crippen LogP contribution >= 0.6 is 11.6 Å². The van der Waals surface area contributed by atoms with E-state index in [1.165, 1.54) is 0 Å². The van der Waals surface area contributed by atoms with Gasteiger partial charge >= 0.3 is 12.1 Å². The summed E-state index contributed by atoms with van der Waals surface area (Å²) in [5.41, 5.74) is 4.82. The van der Waals surface area contributed by atoms with Crippen LogP contribution in [0.2, 0.25) is 5.02 Å². The first kappa shape index (κ1) is 23.1. The fraction of sp³-hybridized carbons (Fsp3) is 0.125. The van der Waals surface area contributed by atoms with Crippen molar-refractivity contribution in [1.82, 2.24) is 10.7 Å². The zero-order valence-corrected chi connectivity index (χ0v) is 18.9. The van der Waals surface area contributed by atoms with Gasteiger partial charge in [0.05, 0.1) is 12.2 Å². The van der Waals surface area contributed by atoms with Crippen molar-refractivity contribution in [2.75, 3.05) is 40.2 Å². The summed E-state index contributed by atoms with van der Waals surface area (Å²) >= 11 is 5.88. The number of piperazine rings is 1. The van der Waals surface area contributed by atoms with Gasteiger partial charge in [-0.05, 0) is 60.7 Å². The van der Waals surface area contributed by atoms with Crippen LogP contribution in [0.15, 0.2) is 78.9 Å². The maximum atomic E-state index is 13.1. The molecule has 4 rings (SSSR count). The molecule has 10 heteroatoms. The van der Waals surface area contributed by atoms with Crippen molar-refractivity contribution in [2.24, 2.45) is 0 Å². The van der Waals surface area contributed by atoms with Gasteiger partial charge < -0.3 is 20.9 Å². The summed E-state index contributed by atoms with van der Waals surface area (Å²) < 4.78 is 0. The van der Waals surface area contributed by atoms with Gasteiger partial charge in [-0.2, -0.15) is 0 Å². The van der Waals surface area contributed by atoms with E-state index in [0.29, 0.717) is 35.2 Å². The topological polar surface area (TPSA) is 106 Å². The molecule has 4 N–H and O–H groups in total. The number of hydrogen-bond donors (Lipinski definition) is 4. The van der Waals surface area contributed by atoms with Crippen molar-refractivity contribution < 1.29 is 14.4 Å². The molecule has 0 atom stereocenters. The normalized spacial score (nSPS) is 13.2. The summed E-state index contributed by atoms with van der Waals surface area (Å²) in [6.45, 7) is 1.60. The largest absolute Gasteiger partial charge is 0.345 e. The van der Waals surface area contributed by atoms with E-state index >= 15 is 0 Å². The van der Waals surface area contributed by atoms with Crippen molar-refractivity contribution in [3.8, 4) is 0 Å². The van der Waals surface area contributed by atoms with Crippen LogP contribution in [0.5, 0.6) is 0 Å². The van der Waals surface area contributed by atoms with Crippen molar-refractivity contribution in [3.63, 3.8) is 0 Å². The van der Waals surface area contributed by atoms with Crippen LogP contribution in [-0.2, 0) is 4.79 Å². The summed E-state index contributed by atoms with van der Waals surface area (Å²) in [7, 11) is 0. The van der Waals surface area contributed by atoms with Gasteiger partial charge in [-0.1, -0.05) is 29.8 Å². The lowest BCUT2D eigenvalue weighted by Crippen LogP contribution is -2.50. The Hall–Kier alpha value is -4.08. The molecule has 34 heavy (non-hydrogen) atoms. The first-order valence-electron chi connectivity index (χ1n) is 10.6. The molecule has 0 bridgehead atoms. The molecule has 0 saturated carbocycles. The summed E-state index contributed by atoms with van der Waals surface area (Å²) in [4.78, 5) is 39.4. The predicted octanol–water partition coefficient (Wildman–Crippen LogP) is 4.05. The standard InChI is InChI=1S/C24H23ClN6O3/c25-17-6-8-18(9-7-17)27-23(33)29-31(21-4-2-1-3-5-21)24(34)28-19-10-12-20(13-11-19)30-15-14-26-16-22(30)32/h1-13,26H,14-16H2,(H,28,34)(H2,27,29,33). The molecular weight excluding hydrogens is 456 g/mol. The second-order valence-corrected chi connectivity index (χ2v) is 7.88. The highest BCUT2D eigenvalue weighted by molar-refractivity contribution is 6.30. The second kappa shape index (κ2) is 10.7. The lowest BCUT2D eigenvalue weighted by atomic mass is 10.2. The zero-order chi connectivity index (χ0) is 23.9. The molecular formula is C24H23ClN6O3. The fourth-order valence-electron chi connectivity index (χ4n) is 3.39. The van der Waals surface area contributed by atoms with E-state index < -0.39 is 12.1 Å². The van der Waals surface area contributed by atoms with E-state index in [-0.39, 0.29) is 5.91 Å². The summed E-state index contributed by atoms with van der Waals surface area (Å²) in [5, 5.41) is 10.1. The van der Waals surface area contributed by atoms with E-state index in [1.807, 2.05) is 6.07 Å². The molecule has 1 aliphatic rings. The van der Waals surface area contributed by atoms with Crippen molar-refractivity contribution >= 4 is 52.3 Å². The maximum Gasteiger partial charge on any atom is 0.345 e. The number of carbonyl (C=O) groups excluding carboxylic acids is 3. The molecule has 1 heterocycles. The Labute approximate surface area is 201 Å². The Bertz CT molecular complexity index is 1160. The molecule has 1 aliphatic heterocycles. The van der Waals surface area contributed by atoms with Crippen LogP contribution in [0.1, 0.15) is 0 Å². The van der Waals surface area contributed by atoms with Crippen molar-refractivity contribution in [3.05, 3.63) is 83.9 Å². The zero-order valence-electron chi connectivity index (χ0n) is 18.1. The predicted molar refractivity (Wildman–Crippen MR) is 133 cm³/mol. The van der Waals surface area contributed by atoms with Gasteiger partial charge in [0.15, 0.2) is 0 Å². The summed E-state index contributed by atoms with van der Waals surface area (Å²) in [5.74, 6) is -0.00538. The van der Waals surface area contributed by atoms with Crippen LogP contribution in [0.25, 0.3) is 0 Å². The number of urea groups is 2. The number of hydrazine groups is 1. The Balaban J connectivity index is 1.45. The second-order valence-electron chi connectivity index (χ2n) is 7.44. The van der Waals surface area contributed by atoms with Gasteiger partial charge in [0.25, 0.3) is 0 Å². The van der Waals surface area contributed by atoms with E-state index in [0.717, 1.165) is 17.2 Å². The third-order valence-corrected chi connectivity index (χ3v) is 5.30. The highest BCUT2D eigenvalue weighted by atomic mass is 35.5. The summed E-state index contributed by atoms with van der Waals surface area (Å²) in [6.07, 6.45) is 0. The molecule has 9 nitrogen and oxygen atoms in total. The number of hydrogen-bond acceptors (Lipinski definition) is 4. The number of nitrogens with one attached hydrogen (secondary N) is 4. The van der Waals surface area contributed by atoms with E-state index in [2.05, 4.69) is 21.4 Å². The molecule has 174 valence electrons. The van der Waals surface area contributed by atoms with Gasteiger partial charge in [-0.15, -0.1) is 0 Å². The minimum absolute atomic E-state index is 0.00538. The molecule has 0 spiro atoms. The molecule has 0 aliphatic carbocycles. The monoisotopic (exact) mass is 478 g/mol. The third kappa shape index (κ3) is 5.83. The SMILES string of the molecule is O=C(Nc1ccc(Cl)cc1)NN(C(=O)Nc1ccc(N2CCNCC2=O)cc1)c1ccccc1. The first-order chi connectivity index (χ1) is 16.5. The number of halogens is 1. The molecule has 0 unspecified atom stereocenters. The highest BCUT2D eigenvalue weighted by Gasteiger charge is 2.21. The molecule has 1 saturated heterocycles. The van der Waals surface area contributed by atoms with Crippen molar-refractivity contribution in [2.45, 2.75) is 0 Å². The van der Waals surface area contributed by atoms with Crippen LogP contribution < -0.4 is 31.3 Å². The van der Waals surface area contributed by atoms with Crippen LogP contribution in [0.3, 0.4) is 0 Å². The maximum absolute atomic E-state index is 13.1. The molecule has 0 radical (unpaired) electrons. The van der Waals surface area contributed by atoms with Gasteiger partial charge in [0.1, 0.15) is 0 Å². The Morgan fingerprint density at radius 3 is 2.21 bits per heavy atom. The minimum atomic E-state index is -0.603. The van der Waals surface area contributed by atoms with E-state index in [1.54, 1.807) is 77.7 Å². The lowest BCUT2D eigenvalue weighted by molar-refractivity contribution is -0.118. The Morgan fingerprint density at radius 1 is 0.882 bits per heavy atom. The average Bonchev–Trinajstić information content (AvgIpc) is 2.85. The minimum Gasteiger partial charge on any atom is -0.310 e. The van der Waals surface area contributed by atoms with Gasteiger partial charge in [-0.3, -0.25) is 4.79 Å². The van der Waals surface area contributed by atoms with Gasteiger partial charge in [-0.25, -0.2) is 20.0 Å². The number of para-hydroxylation sites is 1. The number of anilines is 4. The quantitative estimate of drug-likeness (QED) is 0.424. The van der Waals surface area contributed by atoms with E-state index in [9.17, 15) is 14.4 Å². The fourth-order valence-corrected chi connectivity index (χ4v) is 3.51. The Morgan fingerprint density at radius 2 is 1.53 bits per heavy atom. The molecule has 0 aromatic heterocycles. The third-order valence-electron chi connectivity index (χ3n) is 5.05. The summed E-state index contributed by atoms with van der Waals surface area (Å²) in [6, 6.07) is 21.1. The lowest BCUT2D eigenvalue weighted by Gasteiger charge is -2.27. The number of nitrogens with zero attached hydrogens (tertiary/aromatic N) is 2. The van der Waals surface area contributed by atoms with Crippen LogP contribution in [-0.4, -0.2) is 37.6 Å². The molecule has 3 aromatic rings. The van der Waals surface area contributed by atoms with Crippen LogP contribution in [0.4, 0.5) is 32.3 Å². The van der Waals surface area contributed by atoms with Gasteiger partial charge in [0.2, 0.25) is 5.91 Å². The number of benzene rings is 3. The molecule has 1 fully saturated rings. The molecule has 3 aromatic carbocycles. The number of carbonyl (C=O) groups is 3. The molecule has 5 amide bonds. The Kier molecular flexibility index (Phi) is 7.26. The smallest absolute Gasteiger partial charge is 0.310 e. The van der Waals surface area contributed by atoms with Crippen LogP contribution in [0, 0.1) is 0 Å². The number of amides is 5. The van der Waals surface area contributed by atoms with E-state index in [4.69, 9.17) is 11.6 Å². The van der Waals surface area contributed by atoms with Gasteiger partial charge in [0, 0.05) is 35.2 Å². The van der Waals surface area contributed by atoms with Crippen molar-refractivity contribution in [1.29, 1.82) is 0 Å². The number of rotatable bonds is 4.